The van der Waals surface area contributed by atoms with Crippen LogP contribution in [-0.2, 0) is 4.79 Å². The van der Waals surface area contributed by atoms with Gasteiger partial charge in [0, 0.05) is 18.3 Å². The predicted octanol–water partition coefficient (Wildman–Crippen LogP) is 4.28. The van der Waals surface area contributed by atoms with Gasteiger partial charge in [-0.25, -0.2) is 9.37 Å². The molecule has 0 fully saturated rings. The minimum Gasteiger partial charge on any atom is -0.332 e. The minimum atomic E-state index is -0.391. The fraction of sp³-hybridized carbons (Fsp3) is 0.190. The first-order valence-corrected chi connectivity index (χ1v) is 9.50. The van der Waals surface area contributed by atoms with Crippen LogP contribution in [0.5, 0.6) is 0 Å². The van der Waals surface area contributed by atoms with Gasteiger partial charge in [0.05, 0.1) is 12.7 Å². The van der Waals surface area contributed by atoms with Crippen LogP contribution in [0.2, 0.25) is 0 Å². The number of nitrogens with zero attached hydrogens (tertiary/aromatic N) is 2. The maximum Gasteiger partial charge on any atom is 0.265 e. The van der Waals surface area contributed by atoms with Gasteiger partial charge in [-0.2, -0.15) is 0 Å². The molecule has 3 aromatic rings. The van der Waals surface area contributed by atoms with Gasteiger partial charge in [-0.3, -0.25) is 9.59 Å². The van der Waals surface area contributed by atoms with Crippen LogP contribution in [0.15, 0.2) is 48.7 Å². The van der Waals surface area contributed by atoms with Gasteiger partial charge in [0.25, 0.3) is 5.91 Å². The topological polar surface area (TPSA) is 62.3 Å². The van der Waals surface area contributed by atoms with Crippen molar-refractivity contribution < 1.29 is 14.0 Å². The van der Waals surface area contributed by atoms with Crippen molar-refractivity contribution in [2.24, 2.45) is 0 Å². The van der Waals surface area contributed by atoms with Gasteiger partial charge in [-0.05, 0) is 37.1 Å². The Bertz CT molecular complexity index is 1010. The molecule has 1 heterocycles. The second-order valence-electron chi connectivity index (χ2n) is 6.49. The molecule has 0 saturated carbocycles. The molecule has 1 aromatic heterocycles. The van der Waals surface area contributed by atoms with Crippen LogP contribution < -0.4 is 5.32 Å². The van der Waals surface area contributed by atoms with Crippen LogP contribution in [0, 0.1) is 19.7 Å². The monoisotopic (exact) mass is 397 g/mol. The lowest BCUT2D eigenvalue weighted by atomic mass is 10.1. The summed E-state index contributed by atoms with van der Waals surface area (Å²) in [6.07, 6.45) is 1.41. The molecule has 0 radical (unpaired) electrons. The molecule has 2 amide bonds. The molecular formula is C21H20FN3O2S. The van der Waals surface area contributed by atoms with Crippen LogP contribution in [0.3, 0.4) is 0 Å². The van der Waals surface area contributed by atoms with Gasteiger partial charge >= 0.3 is 0 Å². The number of carbonyl (C=O) groups is 2. The zero-order valence-electron chi connectivity index (χ0n) is 15.8. The average Bonchev–Trinajstić information content (AvgIpc) is 3.14. The van der Waals surface area contributed by atoms with Crippen LogP contribution in [0.1, 0.15) is 20.8 Å². The number of thiazole rings is 1. The third-order valence-corrected chi connectivity index (χ3v) is 5.31. The van der Waals surface area contributed by atoms with E-state index in [0.29, 0.717) is 15.4 Å². The Morgan fingerprint density at radius 3 is 2.46 bits per heavy atom. The molecule has 0 aliphatic carbocycles. The van der Waals surface area contributed by atoms with E-state index in [1.54, 1.807) is 25.2 Å². The van der Waals surface area contributed by atoms with Crippen LogP contribution in [0.25, 0.3) is 10.6 Å². The normalized spacial score (nSPS) is 10.6. The van der Waals surface area contributed by atoms with Gasteiger partial charge in [0.15, 0.2) is 0 Å². The quantitative estimate of drug-likeness (QED) is 0.699. The summed E-state index contributed by atoms with van der Waals surface area (Å²) in [5, 5.41) is 3.29. The Morgan fingerprint density at radius 1 is 1.11 bits per heavy atom. The van der Waals surface area contributed by atoms with Gasteiger partial charge in [0.1, 0.15) is 15.7 Å². The Morgan fingerprint density at radius 2 is 1.79 bits per heavy atom. The summed E-state index contributed by atoms with van der Waals surface area (Å²) in [5.41, 5.74) is 3.02. The van der Waals surface area contributed by atoms with E-state index in [0.717, 1.165) is 28.2 Å². The maximum absolute atomic E-state index is 13.9. The summed E-state index contributed by atoms with van der Waals surface area (Å²) >= 11 is 1.10. The molecule has 1 N–H and O–H groups in total. The van der Waals surface area contributed by atoms with E-state index >= 15 is 0 Å². The number of aromatic nitrogens is 1. The molecule has 0 bridgehead atoms. The Hall–Kier alpha value is -3.06. The lowest BCUT2D eigenvalue weighted by Gasteiger charge is -2.17. The molecule has 0 unspecified atom stereocenters. The number of hydrogen-bond acceptors (Lipinski definition) is 4. The summed E-state index contributed by atoms with van der Waals surface area (Å²) in [7, 11) is 1.55. The van der Waals surface area contributed by atoms with Crippen molar-refractivity contribution in [3.05, 3.63) is 70.5 Å². The summed E-state index contributed by atoms with van der Waals surface area (Å²) < 4.78 is 13.9. The highest BCUT2D eigenvalue weighted by molar-refractivity contribution is 7.16. The number of aryl methyl sites for hydroxylation is 2. The summed E-state index contributed by atoms with van der Waals surface area (Å²) in [6, 6.07) is 12.0. The number of halogens is 1. The zero-order chi connectivity index (χ0) is 20.3. The number of para-hydroxylation sites is 1. The Balaban J connectivity index is 1.68. The molecule has 0 saturated heterocycles. The number of likely N-dealkylation sites (N-methyl/N-ethyl adjacent to an activating group) is 1. The predicted molar refractivity (Wildman–Crippen MR) is 109 cm³/mol. The Labute approximate surface area is 166 Å². The Kier molecular flexibility index (Phi) is 5.84. The van der Waals surface area contributed by atoms with Crippen molar-refractivity contribution in [1.29, 1.82) is 0 Å². The van der Waals surface area contributed by atoms with E-state index in [1.165, 1.54) is 17.2 Å². The van der Waals surface area contributed by atoms with Gasteiger partial charge in [0.2, 0.25) is 5.91 Å². The van der Waals surface area contributed by atoms with Crippen molar-refractivity contribution in [3.8, 4) is 10.6 Å². The molecule has 0 spiro atoms. The summed E-state index contributed by atoms with van der Waals surface area (Å²) in [6.45, 7) is 3.73. The molecule has 144 valence electrons. The number of amides is 2. The third-order valence-electron chi connectivity index (χ3n) is 4.29. The SMILES string of the molecule is Cc1cccc(C)c1NC(=O)CN(C)C(=O)c1cnc(-c2ccccc2F)s1. The maximum atomic E-state index is 13.9. The number of rotatable bonds is 5. The lowest BCUT2D eigenvalue weighted by Crippen LogP contribution is -2.34. The number of nitrogens with one attached hydrogen (secondary N) is 1. The van der Waals surface area contributed by atoms with Crippen LogP contribution >= 0.6 is 11.3 Å². The van der Waals surface area contributed by atoms with Gasteiger partial charge in [-0.15, -0.1) is 11.3 Å². The molecule has 0 atom stereocenters. The molecule has 2 aromatic carbocycles. The lowest BCUT2D eigenvalue weighted by molar-refractivity contribution is -0.116. The minimum absolute atomic E-state index is 0.0977. The highest BCUT2D eigenvalue weighted by atomic mass is 32.1. The number of benzene rings is 2. The number of carbonyl (C=O) groups excluding carboxylic acids is 2. The van der Waals surface area contributed by atoms with Gasteiger partial charge < -0.3 is 10.2 Å². The second kappa shape index (κ2) is 8.31. The summed E-state index contributed by atoms with van der Waals surface area (Å²) in [4.78, 5) is 30.8. The van der Waals surface area contributed by atoms with E-state index in [9.17, 15) is 14.0 Å². The molecule has 5 nitrogen and oxygen atoms in total. The molecule has 0 aliphatic rings. The first kappa shape index (κ1) is 19.7. The van der Waals surface area contributed by atoms with Crippen molar-refractivity contribution in [2.45, 2.75) is 13.8 Å². The fourth-order valence-corrected chi connectivity index (χ4v) is 3.74. The zero-order valence-corrected chi connectivity index (χ0v) is 16.6. The molecule has 7 heteroatoms. The largest absolute Gasteiger partial charge is 0.332 e. The number of anilines is 1. The number of hydrogen-bond donors (Lipinski definition) is 1. The molecular weight excluding hydrogens is 377 g/mol. The molecule has 3 rings (SSSR count). The summed E-state index contributed by atoms with van der Waals surface area (Å²) in [5.74, 6) is -1.01. The average molecular weight is 397 g/mol. The molecule has 0 aliphatic heterocycles. The fourth-order valence-electron chi connectivity index (χ4n) is 2.80. The highest BCUT2D eigenvalue weighted by Gasteiger charge is 2.19. The molecule has 28 heavy (non-hydrogen) atoms. The van der Waals surface area contributed by atoms with Crippen molar-refractivity contribution in [2.75, 3.05) is 18.9 Å². The van der Waals surface area contributed by atoms with Crippen LogP contribution in [-0.4, -0.2) is 35.3 Å². The van der Waals surface area contributed by atoms with E-state index in [1.807, 2.05) is 32.0 Å². The third kappa shape index (κ3) is 4.26. The van der Waals surface area contributed by atoms with Crippen LogP contribution in [0.4, 0.5) is 10.1 Å². The first-order chi connectivity index (χ1) is 13.4. The van der Waals surface area contributed by atoms with E-state index < -0.39 is 5.82 Å². The smallest absolute Gasteiger partial charge is 0.265 e. The van der Waals surface area contributed by atoms with E-state index in [4.69, 9.17) is 0 Å². The van der Waals surface area contributed by atoms with Gasteiger partial charge in [-0.1, -0.05) is 30.3 Å². The second-order valence-corrected chi connectivity index (χ2v) is 7.52. The highest BCUT2D eigenvalue weighted by Crippen LogP contribution is 2.28. The van der Waals surface area contributed by atoms with Crippen molar-refractivity contribution in [1.82, 2.24) is 9.88 Å². The van der Waals surface area contributed by atoms with E-state index in [-0.39, 0.29) is 18.4 Å². The first-order valence-electron chi connectivity index (χ1n) is 8.69. The van der Waals surface area contributed by atoms with Crippen molar-refractivity contribution >= 4 is 28.8 Å². The standard InChI is InChI=1S/C21H20FN3O2S/c1-13-7-6-8-14(2)19(13)24-18(26)12-25(3)21(27)17-11-23-20(28-17)15-9-4-5-10-16(15)22/h4-11H,12H2,1-3H3,(H,24,26). The van der Waals surface area contributed by atoms with Crippen molar-refractivity contribution in [3.63, 3.8) is 0 Å². The van der Waals surface area contributed by atoms with E-state index in [2.05, 4.69) is 10.3 Å².